The fourth-order valence-corrected chi connectivity index (χ4v) is 3.41. The number of rotatable bonds is 3. The highest BCUT2D eigenvalue weighted by molar-refractivity contribution is 5.96. The smallest absolute Gasteiger partial charge is 0.253 e. The van der Waals surface area contributed by atoms with E-state index in [2.05, 4.69) is 24.8 Å². The zero-order valence-corrected chi connectivity index (χ0v) is 13.9. The Morgan fingerprint density at radius 3 is 2.85 bits per heavy atom. The largest absolute Gasteiger partial charge is 0.347 e. The number of aromatic nitrogens is 5. The van der Waals surface area contributed by atoms with Gasteiger partial charge in [0.15, 0.2) is 5.65 Å². The SMILES string of the molecule is O=C(NC1Cc2cncn2C1)c1cnc2c(c1)ncn2-c1ccccc1. The topological polar surface area (TPSA) is 77.6 Å². The van der Waals surface area contributed by atoms with E-state index >= 15 is 0 Å². The van der Waals surface area contributed by atoms with E-state index in [0.29, 0.717) is 11.1 Å². The minimum atomic E-state index is -0.127. The standard InChI is InChI=1S/C19H16N6O/c26-19(23-14-7-16-9-20-11-24(16)10-14)13-6-17-18(21-8-13)25(12-22-17)15-4-2-1-3-5-15/h1-6,8-9,11-12,14H,7,10H2,(H,23,26). The monoisotopic (exact) mass is 344 g/mol. The number of carbonyl (C=O) groups excluding carboxylic acids is 1. The van der Waals surface area contributed by atoms with Crippen LogP contribution in [-0.2, 0) is 13.0 Å². The van der Waals surface area contributed by atoms with Gasteiger partial charge in [0.05, 0.1) is 17.9 Å². The Labute approximate surface area is 149 Å². The number of nitrogens with zero attached hydrogens (tertiary/aromatic N) is 5. The third-order valence-corrected chi connectivity index (χ3v) is 4.69. The Balaban J connectivity index is 1.38. The van der Waals surface area contributed by atoms with Crippen molar-refractivity contribution < 1.29 is 4.79 Å². The molecule has 7 heteroatoms. The lowest BCUT2D eigenvalue weighted by Crippen LogP contribution is -2.36. The van der Waals surface area contributed by atoms with E-state index in [0.717, 1.165) is 30.0 Å². The third-order valence-electron chi connectivity index (χ3n) is 4.69. The second-order valence-corrected chi connectivity index (χ2v) is 6.43. The van der Waals surface area contributed by atoms with Crippen molar-refractivity contribution in [2.24, 2.45) is 0 Å². The summed E-state index contributed by atoms with van der Waals surface area (Å²) >= 11 is 0. The van der Waals surface area contributed by atoms with E-state index in [1.165, 1.54) is 0 Å². The maximum Gasteiger partial charge on any atom is 0.253 e. The summed E-state index contributed by atoms with van der Waals surface area (Å²) in [4.78, 5) is 25.6. The Morgan fingerprint density at radius 2 is 2.00 bits per heavy atom. The van der Waals surface area contributed by atoms with Crippen molar-refractivity contribution in [2.45, 2.75) is 19.0 Å². The highest BCUT2D eigenvalue weighted by Crippen LogP contribution is 2.18. The summed E-state index contributed by atoms with van der Waals surface area (Å²) in [5, 5.41) is 3.07. The van der Waals surface area contributed by atoms with Gasteiger partial charge in [-0.15, -0.1) is 0 Å². The van der Waals surface area contributed by atoms with Crippen LogP contribution in [0.4, 0.5) is 0 Å². The maximum atomic E-state index is 12.6. The first-order valence-electron chi connectivity index (χ1n) is 8.46. The molecule has 1 aliphatic heterocycles. The average Bonchev–Trinajstić information content (AvgIpc) is 3.36. The molecule has 128 valence electrons. The van der Waals surface area contributed by atoms with Crippen LogP contribution in [0.2, 0.25) is 0 Å². The number of imidazole rings is 2. The minimum Gasteiger partial charge on any atom is -0.347 e. The lowest BCUT2D eigenvalue weighted by Gasteiger charge is -2.11. The van der Waals surface area contributed by atoms with Crippen LogP contribution < -0.4 is 5.32 Å². The van der Waals surface area contributed by atoms with Gasteiger partial charge in [-0.3, -0.25) is 9.36 Å². The highest BCUT2D eigenvalue weighted by atomic mass is 16.1. The van der Waals surface area contributed by atoms with Crippen LogP contribution >= 0.6 is 0 Å². The van der Waals surface area contributed by atoms with E-state index in [1.807, 2.05) is 41.1 Å². The van der Waals surface area contributed by atoms with Crippen LogP contribution in [0.15, 0.2) is 61.4 Å². The van der Waals surface area contributed by atoms with Gasteiger partial charge < -0.3 is 9.88 Å². The van der Waals surface area contributed by atoms with Gasteiger partial charge in [-0.2, -0.15) is 0 Å². The Hall–Kier alpha value is -3.48. The van der Waals surface area contributed by atoms with E-state index in [1.54, 1.807) is 24.9 Å². The first-order valence-corrected chi connectivity index (χ1v) is 8.46. The molecule has 0 aliphatic carbocycles. The number of para-hydroxylation sites is 1. The molecule has 7 nitrogen and oxygen atoms in total. The summed E-state index contributed by atoms with van der Waals surface area (Å²) in [7, 11) is 0. The molecular weight excluding hydrogens is 328 g/mol. The van der Waals surface area contributed by atoms with Gasteiger partial charge in [0.25, 0.3) is 5.91 Å². The summed E-state index contributed by atoms with van der Waals surface area (Å²) in [6.07, 6.45) is 7.77. The van der Waals surface area contributed by atoms with E-state index in [9.17, 15) is 4.79 Å². The molecule has 1 aromatic carbocycles. The first kappa shape index (κ1) is 14.8. The molecule has 0 saturated carbocycles. The van der Waals surface area contributed by atoms with Crippen molar-refractivity contribution in [3.8, 4) is 5.69 Å². The molecule has 1 atom stereocenters. The first-order chi connectivity index (χ1) is 12.8. The molecule has 0 radical (unpaired) electrons. The van der Waals surface area contributed by atoms with Crippen LogP contribution in [0.3, 0.4) is 0 Å². The highest BCUT2D eigenvalue weighted by Gasteiger charge is 2.23. The Morgan fingerprint density at radius 1 is 1.12 bits per heavy atom. The average molecular weight is 344 g/mol. The molecule has 1 amide bonds. The van der Waals surface area contributed by atoms with E-state index in [4.69, 9.17) is 0 Å². The van der Waals surface area contributed by atoms with Crippen molar-refractivity contribution in [1.82, 2.24) is 29.4 Å². The Bertz CT molecular complexity index is 1080. The third kappa shape index (κ3) is 2.45. The van der Waals surface area contributed by atoms with Crippen LogP contribution in [0.1, 0.15) is 16.1 Å². The maximum absolute atomic E-state index is 12.6. The zero-order valence-electron chi connectivity index (χ0n) is 13.9. The van der Waals surface area contributed by atoms with Gasteiger partial charge in [-0.25, -0.2) is 15.0 Å². The summed E-state index contributed by atoms with van der Waals surface area (Å²) in [6, 6.07) is 11.8. The summed E-state index contributed by atoms with van der Waals surface area (Å²) in [6.45, 7) is 0.749. The normalized spacial score (nSPS) is 15.9. The summed E-state index contributed by atoms with van der Waals surface area (Å²) in [5.74, 6) is -0.127. The molecular formula is C19H16N6O. The fraction of sp³-hybridized carbons (Fsp3) is 0.158. The molecule has 1 N–H and O–H groups in total. The zero-order chi connectivity index (χ0) is 17.5. The van der Waals surface area contributed by atoms with Crippen molar-refractivity contribution in [3.63, 3.8) is 0 Å². The number of fused-ring (bicyclic) bond motifs is 2. The van der Waals surface area contributed by atoms with Crippen molar-refractivity contribution >= 4 is 17.1 Å². The van der Waals surface area contributed by atoms with Gasteiger partial charge in [-0.1, -0.05) is 18.2 Å². The lowest BCUT2D eigenvalue weighted by molar-refractivity contribution is 0.0936. The van der Waals surface area contributed by atoms with Gasteiger partial charge in [0.2, 0.25) is 0 Å². The van der Waals surface area contributed by atoms with Crippen molar-refractivity contribution in [2.75, 3.05) is 0 Å². The molecule has 1 unspecified atom stereocenters. The molecule has 0 saturated heterocycles. The van der Waals surface area contributed by atoms with Crippen molar-refractivity contribution in [3.05, 3.63) is 72.7 Å². The van der Waals surface area contributed by atoms with Gasteiger partial charge in [0.1, 0.15) is 11.8 Å². The van der Waals surface area contributed by atoms with Crippen LogP contribution in [0.25, 0.3) is 16.9 Å². The fourth-order valence-electron chi connectivity index (χ4n) is 3.41. The predicted octanol–water partition coefficient (Wildman–Crippen LogP) is 1.97. The van der Waals surface area contributed by atoms with Crippen molar-refractivity contribution in [1.29, 1.82) is 0 Å². The summed E-state index contributed by atoms with van der Waals surface area (Å²) in [5.41, 5.74) is 4.08. The molecule has 0 fully saturated rings. The number of benzene rings is 1. The van der Waals surface area contributed by atoms with Gasteiger partial charge in [0, 0.05) is 36.7 Å². The number of hydrogen-bond donors (Lipinski definition) is 1. The number of hydrogen-bond acceptors (Lipinski definition) is 4. The quantitative estimate of drug-likeness (QED) is 0.616. The Kier molecular flexibility index (Phi) is 3.31. The molecule has 3 aromatic heterocycles. The van der Waals surface area contributed by atoms with Gasteiger partial charge >= 0.3 is 0 Å². The molecule has 0 bridgehead atoms. The molecule has 4 aromatic rings. The van der Waals surface area contributed by atoms with Crippen LogP contribution in [0, 0.1) is 0 Å². The van der Waals surface area contributed by atoms with Gasteiger partial charge in [-0.05, 0) is 18.2 Å². The van der Waals surface area contributed by atoms with E-state index < -0.39 is 0 Å². The summed E-state index contributed by atoms with van der Waals surface area (Å²) < 4.78 is 3.97. The molecule has 4 heterocycles. The van der Waals surface area contributed by atoms with Crippen LogP contribution in [-0.4, -0.2) is 36.0 Å². The number of amides is 1. The molecule has 26 heavy (non-hydrogen) atoms. The van der Waals surface area contributed by atoms with E-state index in [-0.39, 0.29) is 11.9 Å². The second-order valence-electron chi connectivity index (χ2n) is 6.43. The number of carbonyl (C=O) groups is 1. The predicted molar refractivity (Wildman–Crippen MR) is 96.1 cm³/mol. The number of nitrogens with one attached hydrogen (secondary N) is 1. The minimum absolute atomic E-state index is 0.0815. The van der Waals surface area contributed by atoms with Crippen LogP contribution in [0.5, 0.6) is 0 Å². The lowest BCUT2D eigenvalue weighted by atomic mass is 10.2. The number of pyridine rings is 1. The molecule has 0 spiro atoms. The molecule has 1 aliphatic rings. The second kappa shape index (κ2) is 5.80. The molecule has 5 rings (SSSR count).